The lowest BCUT2D eigenvalue weighted by molar-refractivity contribution is -0.137. The van der Waals surface area contributed by atoms with Crippen molar-refractivity contribution in [3.63, 3.8) is 0 Å². The molecule has 0 spiro atoms. The molecule has 0 atom stereocenters. The fraction of sp³-hybridized carbons (Fsp3) is 0.214. The minimum Gasteiger partial charge on any atom is -0.477 e. The number of rotatable bonds is 4. The summed E-state index contributed by atoms with van der Waals surface area (Å²) in [6.45, 7) is 5.13. The second-order valence-corrected chi connectivity index (χ2v) is 5.22. The number of aliphatic imine (C=N–C) groups is 1. The molecule has 0 bridgehead atoms. The minimum absolute atomic E-state index is 0.0288. The van der Waals surface area contributed by atoms with Crippen LogP contribution in [-0.4, -0.2) is 23.1 Å². The molecule has 2 rings (SSSR count). The van der Waals surface area contributed by atoms with Crippen molar-refractivity contribution in [1.82, 2.24) is 9.78 Å². The number of ether oxygens (including phenoxy) is 1. The Balaban J connectivity index is 2.75. The number of nitriles is 1. The standard InChI is InChI=1S/C14H9Cl2F3N4O/c1-3-24-13-8(6-20)12(21-2)22-23(13)11-9(15)4-7(5-10(11)16)14(17,18)19/h4-5H,2-3H2,1H3. The lowest BCUT2D eigenvalue weighted by atomic mass is 10.2. The molecule has 24 heavy (non-hydrogen) atoms. The van der Waals surface area contributed by atoms with E-state index in [2.05, 4.69) is 16.8 Å². The van der Waals surface area contributed by atoms with E-state index in [0.717, 1.165) is 4.68 Å². The third-order valence-corrected chi connectivity index (χ3v) is 3.50. The molecule has 0 amide bonds. The average Bonchev–Trinajstić information content (AvgIpc) is 2.83. The highest BCUT2D eigenvalue weighted by atomic mass is 35.5. The molecular weight excluding hydrogens is 368 g/mol. The molecule has 1 aromatic carbocycles. The van der Waals surface area contributed by atoms with E-state index in [-0.39, 0.29) is 39.6 Å². The molecule has 0 saturated carbocycles. The van der Waals surface area contributed by atoms with E-state index < -0.39 is 11.7 Å². The normalized spacial score (nSPS) is 11.2. The number of nitrogens with zero attached hydrogens (tertiary/aromatic N) is 4. The summed E-state index contributed by atoms with van der Waals surface area (Å²) in [5.41, 5.74) is -1.09. The van der Waals surface area contributed by atoms with E-state index >= 15 is 0 Å². The van der Waals surface area contributed by atoms with Gasteiger partial charge in [-0.25, -0.2) is 4.99 Å². The average molecular weight is 377 g/mol. The summed E-state index contributed by atoms with van der Waals surface area (Å²) in [5.74, 6) is -0.0843. The summed E-state index contributed by atoms with van der Waals surface area (Å²) < 4.78 is 44.9. The summed E-state index contributed by atoms with van der Waals surface area (Å²) in [6.07, 6.45) is -4.61. The molecule has 0 aliphatic rings. The molecule has 0 unspecified atom stereocenters. The first-order chi connectivity index (χ1) is 11.2. The second-order valence-electron chi connectivity index (χ2n) is 4.40. The third kappa shape index (κ3) is 3.18. The predicted molar refractivity (Wildman–Crippen MR) is 83.7 cm³/mol. The predicted octanol–water partition coefficient (Wildman–Crippen LogP) is 4.80. The number of hydrogen-bond donors (Lipinski definition) is 0. The van der Waals surface area contributed by atoms with Gasteiger partial charge in [-0.15, -0.1) is 5.10 Å². The zero-order valence-electron chi connectivity index (χ0n) is 12.2. The molecule has 0 aliphatic heterocycles. The van der Waals surface area contributed by atoms with Crippen LogP contribution in [0.4, 0.5) is 19.0 Å². The number of benzene rings is 1. The molecule has 2 aromatic rings. The largest absolute Gasteiger partial charge is 0.477 e. The number of hydrogen-bond acceptors (Lipinski definition) is 4. The molecule has 1 aromatic heterocycles. The van der Waals surface area contributed by atoms with Gasteiger partial charge in [0.1, 0.15) is 11.8 Å². The van der Waals surface area contributed by atoms with Gasteiger partial charge in [-0.1, -0.05) is 23.2 Å². The molecule has 5 nitrogen and oxygen atoms in total. The van der Waals surface area contributed by atoms with Gasteiger partial charge in [-0.05, 0) is 25.8 Å². The Kier molecular flexibility index (Phi) is 5.06. The smallest absolute Gasteiger partial charge is 0.416 e. The highest BCUT2D eigenvalue weighted by molar-refractivity contribution is 6.37. The monoisotopic (exact) mass is 376 g/mol. The van der Waals surface area contributed by atoms with E-state index in [4.69, 9.17) is 27.9 Å². The van der Waals surface area contributed by atoms with Crippen molar-refractivity contribution < 1.29 is 17.9 Å². The van der Waals surface area contributed by atoms with E-state index in [0.29, 0.717) is 12.1 Å². The van der Waals surface area contributed by atoms with Gasteiger partial charge < -0.3 is 4.74 Å². The van der Waals surface area contributed by atoms with Crippen LogP contribution in [0.15, 0.2) is 17.1 Å². The van der Waals surface area contributed by atoms with Crippen LogP contribution in [0.25, 0.3) is 5.69 Å². The molecule has 126 valence electrons. The summed E-state index contributed by atoms with van der Waals surface area (Å²) in [4.78, 5) is 3.60. The van der Waals surface area contributed by atoms with Crippen molar-refractivity contribution in [2.45, 2.75) is 13.1 Å². The summed E-state index contributed by atoms with van der Waals surface area (Å²) >= 11 is 11.9. The summed E-state index contributed by atoms with van der Waals surface area (Å²) in [5, 5.41) is 12.6. The topological polar surface area (TPSA) is 63.2 Å². The minimum atomic E-state index is -4.61. The number of halogens is 5. The van der Waals surface area contributed by atoms with Crippen molar-refractivity contribution in [1.29, 1.82) is 5.26 Å². The first kappa shape index (κ1) is 18.1. The van der Waals surface area contributed by atoms with E-state index in [1.807, 2.05) is 6.07 Å². The molecule has 0 N–H and O–H groups in total. The van der Waals surface area contributed by atoms with E-state index in [9.17, 15) is 18.4 Å². The van der Waals surface area contributed by atoms with Crippen molar-refractivity contribution in [3.05, 3.63) is 33.3 Å². The fourth-order valence-corrected chi connectivity index (χ4v) is 2.60. The van der Waals surface area contributed by atoms with E-state index in [1.54, 1.807) is 6.92 Å². The van der Waals surface area contributed by atoms with Crippen molar-refractivity contribution in [2.24, 2.45) is 4.99 Å². The van der Waals surface area contributed by atoms with Gasteiger partial charge in [-0.3, -0.25) is 0 Å². The van der Waals surface area contributed by atoms with Crippen LogP contribution in [0.1, 0.15) is 18.1 Å². The summed E-state index contributed by atoms with van der Waals surface area (Å²) in [6, 6.07) is 3.29. The van der Waals surface area contributed by atoms with Gasteiger partial charge in [-0.2, -0.15) is 23.1 Å². The van der Waals surface area contributed by atoms with Crippen LogP contribution in [0.2, 0.25) is 10.0 Å². The molecule has 10 heteroatoms. The molecule has 0 saturated heterocycles. The first-order valence-electron chi connectivity index (χ1n) is 6.43. The van der Waals surface area contributed by atoms with Crippen LogP contribution in [0.5, 0.6) is 5.88 Å². The van der Waals surface area contributed by atoms with Gasteiger partial charge in [0.25, 0.3) is 0 Å². The molecule has 0 fully saturated rings. The van der Waals surface area contributed by atoms with Gasteiger partial charge >= 0.3 is 6.18 Å². The Hall–Kier alpha value is -2.24. The number of aromatic nitrogens is 2. The Morgan fingerprint density at radius 2 is 1.96 bits per heavy atom. The Morgan fingerprint density at radius 1 is 1.38 bits per heavy atom. The van der Waals surface area contributed by atoms with Gasteiger partial charge in [0, 0.05) is 0 Å². The van der Waals surface area contributed by atoms with Crippen LogP contribution >= 0.6 is 23.2 Å². The molecule has 1 heterocycles. The maximum absolute atomic E-state index is 12.8. The zero-order chi connectivity index (χ0) is 18.1. The van der Waals surface area contributed by atoms with Crippen LogP contribution in [0.3, 0.4) is 0 Å². The maximum atomic E-state index is 12.8. The third-order valence-electron chi connectivity index (χ3n) is 2.92. The zero-order valence-corrected chi connectivity index (χ0v) is 13.7. The highest BCUT2D eigenvalue weighted by Gasteiger charge is 2.33. The summed E-state index contributed by atoms with van der Waals surface area (Å²) in [7, 11) is 0. The SMILES string of the molecule is C=Nc1nn(-c2c(Cl)cc(C(F)(F)F)cc2Cl)c(OCC)c1C#N. The van der Waals surface area contributed by atoms with Crippen molar-refractivity contribution >= 4 is 35.7 Å². The van der Waals surface area contributed by atoms with Crippen LogP contribution in [-0.2, 0) is 6.18 Å². The number of alkyl halides is 3. The Morgan fingerprint density at radius 3 is 2.38 bits per heavy atom. The Bertz CT molecular complexity index is 817. The second kappa shape index (κ2) is 6.71. The van der Waals surface area contributed by atoms with Crippen LogP contribution in [0, 0.1) is 11.3 Å². The van der Waals surface area contributed by atoms with Gasteiger partial charge in [0.2, 0.25) is 5.88 Å². The first-order valence-corrected chi connectivity index (χ1v) is 7.19. The Labute approximate surface area is 144 Å². The van der Waals surface area contributed by atoms with Crippen molar-refractivity contribution in [3.8, 4) is 17.6 Å². The maximum Gasteiger partial charge on any atom is 0.416 e. The van der Waals surface area contributed by atoms with Crippen molar-refractivity contribution in [2.75, 3.05) is 6.61 Å². The van der Waals surface area contributed by atoms with Gasteiger partial charge in [0.15, 0.2) is 11.4 Å². The molecule has 0 aliphatic carbocycles. The van der Waals surface area contributed by atoms with E-state index in [1.165, 1.54) is 0 Å². The highest BCUT2D eigenvalue weighted by Crippen LogP contribution is 2.40. The molecular formula is C14H9Cl2F3N4O. The molecule has 0 radical (unpaired) electrons. The van der Waals surface area contributed by atoms with Crippen LogP contribution < -0.4 is 4.74 Å². The lowest BCUT2D eigenvalue weighted by Gasteiger charge is -2.14. The van der Waals surface area contributed by atoms with Gasteiger partial charge in [0.05, 0.1) is 22.2 Å². The fourth-order valence-electron chi connectivity index (χ4n) is 1.95. The lowest BCUT2D eigenvalue weighted by Crippen LogP contribution is -2.08. The quantitative estimate of drug-likeness (QED) is 0.719.